The average molecular weight is 415 g/mol. The molecule has 1 saturated heterocycles. The number of nitro benzene ring substituents is 1. The van der Waals surface area contributed by atoms with E-state index in [4.69, 9.17) is 0 Å². The molecule has 1 amide bonds. The van der Waals surface area contributed by atoms with Crippen molar-refractivity contribution in [2.24, 2.45) is 0 Å². The summed E-state index contributed by atoms with van der Waals surface area (Å²) in [6.07, 6.45) is 1.62. The van der Waals surface area contributed by atoms with Crippen LogP contribution in [0.25, 0.3) is 0 Å². The van der Waals surface area contributed by atoms with Gasteiger partial charge < -0.3 is 4.90 Å². The van der Waals surface area contributed by atoms with E-state index in [0.29, 0.717) is 13.1 Å². The van der Waals surface area contributed by atoms with Gasteiger partial charge in [0.25, 0.3) is 5.69 Å². The maximum Gasteiger partial charge on any atom is 0.270 e. The minimum absolute atomic E-state index is 0.0519. The number of piperazine rings is 1. The van der Waals surface area contributed by atoms with Gasteiger partial charge in [-0.1, -0.05) is 36.4 Å². The van der Waals surface area contributed by atoms with Crippen LogP contribution in [-0.2, 0) is 20.2 Å². The molecule has 0 radical (unpaired) electrons. The Kier molecular flexibility index (Phi) is 4.87. The molecule has 1 aliphatic heterocycles. The summed E-state index contributed by atoms with van der Waals surface area (Å²) in [6, 6.07) is 14.7. The summed E-state index contributed by atoms with van der Waals surface area (Å²) in [4.78, 5) is 25.1. The number of amides is 1. The molecule has 2 aromatic carbocycles. The predicted molar refractivity (Wildman–Crippen MR) is 106 cm³/mol. The quantitative estimate of drug-likeness (QED) is 0.550. The first-order valence-corrected chi connectivity index (χ1v) is 10.9. The molecule has 0 spiro atoms. The number of carbonyl (C=O) groups excluding carboxylic acids is 1. The lowest BCUT2D eigenvalue weighted by atomic mass is 9.94. The SMILES string of the molecule is O=C(N1CCN(S(=O)(=O)c2cccc([N+](=O)[O-])c2)CC1)C1(c2ccccc2)CC1. The van der Waals surface area contributed by atoms with Gasteiger partial charge >= 0.3 is 0 Å². The second-order valence-corrected chi connectivity index (χ2v) is 9.34. The fourth-order valence-electron chi connectivity index (χ4n) is 3.85. The van der Waals surface area contributed by atoms with Gasteiger partial charge in [0.1, 0.15) is 0 Å². The number of rotatable bonds is 5. The van der Waals surface area contributed by atoms with Crippen molar-refractivity contribution in [3.05, 3.63) is 70.3 Å². The highest BCUT2D eigenvalue weighted by molar-refractivity contribution is 7.89. The van der Waals surface area contributed by atoms with Crippen LogP contribution >= 0.6 is 0 Å². The minimum Gasteiger partial charge on any atom is -0.339 e. The van der Waals surface area contributed by atoms with Gasteiger partial charge in [-0.3, -0.25) is 14.9 Å². The molecule has 1 saturated carbocycles. The molecule has 0 aromatic heterocycles. The molecule has 1 heterocycles. The number of hydrogen-bond acceptors (Lipinski definition) is 5. The van der Waals surface area contributed by atoms with Crippen molar-refractivity contribution in [3.63, 3.8) is 0 Å². The third kappa shape index (κ3) is 3.51. The number of nitrogens with zero attached hydrogens (tertiary/aromatic N) is 3. The van der Waals surface area contributed by atoms with E-state index in [1.165, 1.54) is 22.5 Å². The normalized spacial score (nSPS) is 19.0. The molecule has 1 aliphatic carbocycles. The smallest absolute Gasteiger partial charge is 0.270 e. The Hall–Kier alpha value is -2.78. The fourth-order valence-corrected chi connectivity index (χ4v) is 5.31. The number of carbonyl (C=O) groups is 1. The molecular formula is C20H21N3O5S. The van der Waals surface area contributed by atoms with Gasteiger partial charge in [-0.25, -0.2) is 8.42 Å². The van der Waals surface area contributed by atoms with Crippen LogP contribution in [0.2, 0.25) is 0 Å². The van der Waals surface area contributed by atoms with Crippen LogP contribution in [0.5, 0.6) is 0 Å². The number of sulfonamides is 1. The molecule has 29 heavy (non-hydrogen) atoms. The highest BCUT2D eigenvalue weighted by atomic mass is 32.2. The second kappa shape index (κ2) is 7.23. The molecular weight excluding hydrogens is 394 g/mol. The van der Waals surface area contributed by atoms with Gasteiger partial charge in [0.05, 0.1) is 15.2 Å². The van der Waals surface area contributed by atoms with E-state index in [2.05, 4.69) is 0 Å². The summed E-state index contributed by atoms with van der Waals surface area (Å²) < 4.78 is 27.0. The summed E-state index contributed by atoms with van der Waals surface area (Å²) >= 11 is 0. The van der Waals surface area contributed by atoms with Crippen molar-refractivity contribution in [1.82, 2.24) is 9.21 Å². The predicted octanol–water partition coefficient (Wildman–Crippen LogP) is 2.16. The van der Waals surface area contributed by atoms with Gasteiger partial charge in [0.2, 0.25) is 15.9 Å². The van der Waals surface area contributed by atoms with E-state index in [1.54, 1.807) is 4.90 Å². The Morgan fingerprint density at radius 3 is 2.21 bits per heavy atom. The lowest BCUT2D eigenvalue weighted by Crippen LogP contribution is -2.52. The molecule has 0 bridgehead atoms. The van der Waals surface area contributed by atoms with Crippen LogP contribution in [0.4, 0.5) is 5.69 Å². The monoisotopic (exact) mass is 415 g/mol. The lowest BCUT2D eigenvalue weighted by molar-refractivity contribution is -0.385. The van der Waals surface area contributed by atoms with Crippen molar-refractivity contribution >= 4 is 21.6 Å². The van der Waals surface area contributed by atoms with E-state index in [-0.39, 0.29) is 29.6 Å². The van der Waals surface area contributed by atoms with Crippen LogP contribution in [0, 0.1) is 10.1 Å². The maximum absolute atomic E-state index is 13.1. The third-order valence-corrected chi connectivity index (χ3v) is 7.57. The van der Waals surface area contributed by atoms with Crippen molar-refractivity contribution in [1.29, 1.82) is 0 Å². The molecule has 2 fully saturated rings. The standard InChI is InChI=1S/C20H21N3O5S/c24-19(20(9-10-20)16-5-2-1-3-6-16)21-11-13-22(14-12-21)29(27,28)18-8-4-7-17(15-18)23(25)26/h1-8,15H,9-14H2. The van der Waals surface area contributed by atoms with Crippen molar-refractivity contribution < 1.29 is 18.1 Å². The summed E-state index contributed by atoms with van der Waals surface area (Å²) in [6.45, 7) is 0.951. The minimum atomic E-state index is -3.85. The Morgan fingerprint density at radius 2 is 1.62 bits per heavy atom. The summed E-state index contributed by atoms with van der Waals surface area (Å²) in [5, 5.41) is 10.9. The van der Waals surface area contributed by atoms with Crippen LogP contribution < -0.4 is 0 Å². The van der Waals surface area contributed by atoms with Crippen molar-refractivity contribution in [2.45, 2.75) is 23.2 Å². The number of nitro groups is 1. The number of benzene rings is 2. The molecule has 2 aliphatic rings. The highest BCUT2D eigenvalue weighted by Gasteiger charge is 2.53. The fraction of sp³-hybridized carbons (Fsp3) is 0.350. The first kappa shape index (κ1) is 19.5. The number of hydrogen-bond donors (Lipinski definition) is 0. The number of non-ortho nitro benzene ring substituents is 1. The topological polar surface area (TPSA) is 101 Å². The van der Waals surface area contributed by atoms with Crippen LogP contribution in [0.3, 0.4) is 0 Å². The van der Waals surface area contributed by atoms with Crippen LogP contribution in [-0.4, -0.2) is 54.6 Å². The Bertz CT molecular complexity index is 1040. The molecule has 9 heteroatoms. The zero-order valence-electron chi connectivity index (χ0n) is 15.7. The Morgan fingerprint density at radius 1 is 0.966 bits per heavy atom. The van der Waals surface area contributed by atoms with Crippen molar-refractivity contribution in [3.8, 4) is 0 Å². The van der Waals surface area contributed by atoms with Gasteiger partial charge in [-0.15, -0.1) is 0 Å². The molecule has 2 aromatic rings. The first-order chi connectivity index (χ1) is 13.8. The first-order valence-electron chi connectivity index (χ1n) is 9.44. The van der Waals surface area contributed by atoms with Gasteiger partial charge in [0.15, 0.2) is 0 Å². The molecule has 8 nitrogen and oxygen atoms in total. The average Bonchev–Trinajstić information content (AvgIpc) is 3.56. The maximum atomic E-state index is 13.1. The van der Waals surface area contributed by atoms with E-state index < -0.39 is 20.4 Å². The highest BCUT2D eigenvalue weighted by Crippen LogP contribution is 2.49. The summed E-state index contributed by atoms with van der Waals surface area (Å²) in [7, 11) is -3.85. The molecule has 4 rings (SSSR count). The second-order valence-electron chi connectivity index (χ2n) is 7.40. The van der Waals surface area contributed by atoms with E-state index in [9.17, 15) is 23.3 Å². The summed E-state index contributed by atoms with van der Waals surface area (Å²) in [5.74, 6) is 0.0519. The van der Waals surface area contributed by atoms with Gasteiger partial charge in [0, 0.05) is 38.3 Å². The lowest BCUT2D eigenvalue weighted by Gasteiger charge is -2.36. The van der Waals surface area contributed by atoms with Crippen LogP contribution in [0.1, 0.15) is 18.4 Å². The molecule has 152 valence electrons. The largest absolute Gasteiger partial charge is 0.339 e. The Balaban J connectivity index is 1.46. The van der Waals surface area contributed by atoms with Crippen LogP contribution in [0.15, 0.2) is 59.5 Å². The van der Waals surface area contributed by atoms with Crippen molar-refractivity contribution in [2.75, 3.05) is 26.2 Å². The summed E-state index contributed by atoms with van der Waals surface area (Å²) in [5.41, 5.74) is 0.276. The van der Waals surface area contributed by atoms with E-state index in [0.717, 1.165) is 24.5 Å². The molecule has 0 unspecified atom stereocenters. The van der Waals surface area contributed by atoms with Gasteiger partial charge in [-0.05, 0) is 24.5 Å². The molecule has 0 N–H and O–H groups in total. The van der Waals surface area contributed by atoms with E-state index in [1.807, 2.05) is 30.3 Å². The van der Waals surface area contributed by atoms with Gasteiger partial charge in [-0.2, -0.15) is 4.31 Å². The van der Waals surface area contributed by atoms with E-state index >= 15 is 0 Å². The zero-order chi connectivity index (χ0) is 20.6. The zero-order valence-corrected chi connectivity index (χ0v) is 16.5. The Labute approximate surface area is 168 Å². The molecule has 0 atom stereocenters. The third-order valence-electron chi connectivity index (χ3n) is 5.68.